The average molecular weight is 575 g/mol. The minimum Gasteiger partial charge on any atom is -0.228 e. The standard InChI is InChI=1S/C43H30N2/c1-43(2)38-22-12-10-19-32(38)37-26-36(30-18-8-9-20-33(30)40(37)43)31-24-25-34(29-17-7-6-16-28(29)31)42-44-39-23-13-11-21-35(39)41(45-42)27-14-4-3-5-15-27/h3-26H,1-2H3. The van der Waals surface area contributed by atoms with Crippen LogP contribution in [0.2, 0.25) is 0 Å². The molecule has 1 aromatic heterocycles. The number of para-hydroxylation sites is 1. The van der Waals surface area contributed by atoms with Gasteiger partial charge < -0.3 is 0 Å². The number of rotatable bonds is 3. The van der Waals surface area contributed by atoms with Gasteiger partial charge in [-0.2, -0.15) is 0 Å². The van der Waals surface area contributed by atoms with Crippen LogP contribution in [0.1, 0.15) is 25.0 Å². The summed E-state index contributed by atoms with van der Waals surface area (Å²) in [6, 6.07) is 52.2. The minimum absolute atomic E-state index is 0.0696. The number of fused-ring (bicyclic) bond motifs is 7. The smallest absolute Gasteiger partial charge is 0.161 e. The molecule has 1 aliphatic carbocycles. The van der Waals surface area contributed by atoms with E-state index in [2.05, 4.69) is 147 Å². The number of hydrogen-bond donors (Lipinski definition) is 0. The van der Waals surface area contributed by atoms with Gasteiger partial charge in [0.2, 0.25) is 0 Å². The van der Waals surface area contributed by atoms with Crippen molar-refractivity contribution in [3.63, 3.8) is 0 Å². The highest BCUT2D eigenvalue weighted by molar-refractivity contribution is 6.12. The van der Waals surface area contributed by atoms with Crippen LogP contribution in [0.3, 0.4) is 0 Å². The molecule has 0 unspecified atom stereocenters. The molecule has 0 aliphatic heterocycles. The van der Waals surface area contributed by atoms with Crippen LogP contribution in [0.5, 0.6) is 0 Å². The molecule has 0 amide bonds. The summed E-state index contributed by atoms with van der Waals surface area (Å²) in [5.41, 5.74) is 11.9. The highest BCUT2D eigenvalue weighted by Gasteiger charge is 2.37. The molecule has 0 N–H and O–H groups in total. The molecule has 9 rings (SSSR count). The Kier molecular flexibility index (Phi) is 5.58. The van der Waals surface area contributed by atoms with Crippen LogP contribution >= 0.6 is 0 Å². The Balaban J connectivity index is 1.31. The largest absolute Gasteiger partial charge is 0.228 e. The first-order chi connectivity index (χ1) is 22.1. The van der Waals surface area contributed by atoms with Crippen LogP contribution in [0, 0.1) is 0 Å². The van der Waals surface area contributed by atoms with Crippen molar-refractivity contribution in [3.8, 4) is 44.9 Å². The summed E-state index contributed by atoms with van der Waals surface area (Å²) in [5, 5.41) is 6.01. The summed E-state index contributed by atoms with van der Waals surface area (Å²) in [6.45, 7) is 4.72. The van der Waals surface area contributed by atoms with Crippen molar-refractivity contribution >= 4 is 32.4 Å². The van der Waals surface area contributed by atoms with Gasteiger partial charge in [0.05, 0.1) is 11.2 Å². The number of nitrogens with zero attached hydrogens (tertiary/aromatic N) is 2. The van der Waals surface area contributed by atoms with Crippen LogP contribution in [0.4, 0.5) is 0 Å². The van der Waals surface area contributed by atoms with Crippen molar-refractivity contribution in [2.75, 3.05) is 0 Å². The molecule has 0 spiro atoms. The summed E-state index contributed by atoms with van der Waals surface area (Å²) in [4.78, 5) is 10.3. The van der Waals surface area contributed by atoms with Crippen molar-refractivity contribution in [1.82, 2.24) is 9.97 Å². The Morgan fingerprint density at radius 3 is 1.78 bits per heavy atom. The van der Waals surface area contributed by atoms with Crippen molar-refractivity contribution in [2.24, 2.45) is 0 Å². The first kappa shape index (κ1) is 25.9. The number of benzene rings is 7. The van der Waals surface area contributed by atoms with Crippen LogP contribution < -0.4 is 0 Å². The van der Waals surface area contributed by atoms with Crippen molar-refractivity contribution in [3.05, 3.63) is 157 Å². The van der Waals surface area contributed by atoms with Gasteiger partial charge in [-0.3, -0.25) is 0 Å². The lowest BCUT2D eigenvalue weighted by molar-refractivity contribution is 0.666. The summed E-state index contributed by atoms with van der Waals surface area (Å²) >= 11 is 0. The third-order valence-electron chi connectivity index (χ3n) is 9.67. The van der Waals surface area contributed by atoms with Gasteiger partial charge in [0, 0.05) is 21.9 Å². The van der Waals surface area contributed by atoms with Crippen LogP contribution in [0.25, 0.3) is 77.3 Å². The fraction of sp³-hybridized carbons (Fsp3) is 0.0698. The van der Waals surface area contributed by atoms with E-state index in [1.807, 2.05) is 12.1 Å². The zero-order valence-corrected chi connectivity index (χ0v) is 25.3. The Labute approximate surface area is 262 Å². The van der Waals surface area contributed by atoms with Crippen LogP contribution in [-0.2, 0) is 5.41 Å². The minimum atomic E-state index is -0.0696. The SMILES string of the molecule is CC1(C)c2ccccc2-c2cc(-c3ccc(-c4nc(-c5ccccc5)c5ccccc5n4)c4ccccc34)c3ccccc3c21. The molecule has 7 aromatic carbocycles. The fourth-order valence-electron chi connectivity index (χ4n) is 7.62. The molecule has 1 heterocycles. The third kappa shape index (κ3) is 3.82. The van der Waals surface area contributed by atoms with E-state index >= 15 is 0 Å². The Morgan fingerprint density at radius 2 is 1.00 bits per heavy atom. The van der Waals surface area contributed by atoms with Gasteiger partial charge in [-0.1, -0.05) is 141 Å². The van der Waals surface area contributed by atoms with E-state index in [0.717, 1.165) is 38.9 Å². The normalized spacial score (nSPS) is 13.3. The maximum absolute atomic E-state index is 5.22. The molecular weight excluding hydrogens is 544 g/mol. The lowest BCUT2D eigenvalue weighted by Gasteiger charge is -2.24. The second-order valence-corrected chi connectivity index (χ2v) is 12.5. The van der Waals surface area contributed by atoms with Gasteiger partial charge in [0.15, 0.2) is 5.82 Å². The summed E-state index contributed by atoms with van der Waals surface area (Å²) < 4.78 is 0. The van der Waals surface area contributed by atoms with Crippen molar-refractivity contribution in [2.45, 2.75) is 19.3 Å². The highest BCUT2D eigenvalue weighted by Crippen LogP contribution is 2.53. The first-order valence-corrected chi connectivity index (χ1v) is 15.6. The molecule has 2 heteroatoms. The molecule has 8 aromatic rings. The van der Waals surface area contributed by atoms with Gasteiger partial charge in [-0.15, -0.1) is 0 Å². The predicted molar refractivity (Wildman–Crippen MR) is 188 cm³/mol. The van der Waals surface area contributed by atoms with E-state index in [9.17, 15) is 0 Å². The van der Waals surface area contributed by atoms with Crippen LogP contribution in [-0.4, -0.2) is 9.97 Å². The maximum atomic E-state index is 5.22. The van der Waals surface area contributed by atoms with E-state index in [4.69, 9.17) is 9.97 Å². The Morgan fingerprint density at radius 1 is 0.422 bits per heavy atom. The van der Waals surface area contributed by atoms with E-state index in [-0.39, 0.29) is 5.41 Å². The predicted octanol–water partition coefficient (Wildman–Crippen LogP) is 11.2. The molecule has 0 fully saturated rings. The molecule has 0 saturated carbocycles. The average Bonchev–Trinajstić information content (AvgIpc) is 3.33. The fourth-order valence-corrected chi connectivity index (χ4v) is 7.62. The molecule has 45 heavy (non-hydrogen) atoms. The molecule has 0 radical (unpaired) electrons. The van der Waals surface area contributed by atoms with Gasteiger partial charge in [-0.05, 0) is 73.1 Å². The number of hydrogen-bond acceptors (Lipinski definition) is 2. The molecular formula is C43H30N2. The zero-order valence-electron chi connectivity index (χ0n) is 25.3. The second kappa shape index (κ2) is 9.70. The second-order valence-electron chi connectivity index (χ2n) is 12.5. The zero-order chi connectivity index (χ0) is 30.1. The summed E-state index contributed by atoms with van der Waals surface area (Å²) in [5.74, 6) is 0.741. The van der Waals surface area contributed by atoms with Gasteiger partial charge >= 0.3 is 0 Å². The molecule has 0 bridgehead atoms. The molecule has 2 nitrogen and oxygen atoms in total. The molecule has 212 valence electrons. The Hall–Kier alpha value is -5.60. The van der Waals surface area contributed by atoms with E-state index in [0.29, 0.717) is 0 Å². The van der Waals surface area contributed by atoms with E-state index in [1.165, 1.54) is 49.5 Å². The molecule has 1 aliphatic rings. The van der Waals surface area contributed by atoms with Gasteiger partial charge in [0.25, 0.3) is 0 Å². The lowest BCUT2D eigenvalue weighted by Crippen LogP contribution is -2.15. The number of aromatic nitrogens is 2. The van der Waals surface area contributed by atoms with Crippen LogP contribution in [0.15, 0.2) is 146 Å². The lowest BCUT2D eigenvalue weighted by atomic mass is 9.79. The Bertz CT molecular complexity index is 2450. The quantitative estimate of drug-likeness (QED) is 0.210. The first-order valence-electron chi connectivity index (χ1n) is 15.6. The van der Waals surface area contributed by atoms with E-state index < -0.39 is 0 Å². The topological polar surface area (TPSA) is 25.8 Å². The third-order valence-corrected chi connectivity index (χ3v) is 9.67. The van der Waals surface area contributed by atoms with Crippen molar-refractivity contribution < 1.29 is 0 Å². The maximum Gasteiger partial charge on any atom is 0.161 e. The highest BCUT2D eigenvalue weighted by atomic mass is 14.9. The summed E-state index contributed by atoms with van der Waals surface area (Å²) in [7, 11) is 0. The monoisotopic (exact) mass is 574 g/mol. The van der Waals surface area contributed by atoms with E-state index in [1.54, 1.807) is 0 Å². The van der Waals surface area contributed by atoms with Gasteiger partial charge in [0.1, 0.15) is 0 Å². The summed E-state index contributed by atoms with van der Waals surface area (Å²) in [6.07, 6.45) is 0. The molecule has 0 atom stereocenters. The van der Waals surface area contributed by atoms with Crippen molar-refractivity contribution in [1.29, 1.82) is 0 Å². The van der Waals surface area contributed by atoms with Gasteiger partial charge in [-0.25, -0.2) is 9.97 Å². The molecule has 0 saturated heterocycles.